The summed E-state index contributed by atoms with van der Waals surface area (Å²) in [5.41, 5.74) is 3.71. The van der Waals surface area contributed by atoms with Crippen LogP contribution in [-0.4, -0.2) is 11.6 Å². The predicted molar refractivity (Wildman–Crippen MR) is 65.2 cm³/mol. The summed E-state index contributed by atoms with van der Waals surface area (Å²) in [6, 6.07) is 0. The Labute approximate surface area is 97.4 Å². The number of hydrogen-bond acceptors (Lipinski definition) is 2. The van der Waals surface area contributed by atoms with E-state index in [4.69, 9.17) is 0 Å². The first-order valence-corrected chi connectivity index (χ1v) is 6.15. The van der Waals surface area contributed by atoms with Crippen LogP contribution in [0.25, 0.3) is 0 Å². The van der Waals surface area contributed by atoms with E-state index in [0.29, 0.717) is 12.8 Å². The van der Waals surface area contributed by atoms with Crippen LogP contribution in [0.2, 0.25) is 0 Å². The molecule has 0 fully saturated rings. The van der Waals surface area contributed by atoms with Gasteiger partial charge in [0.15, 0.2) is 0 Å². The van der Waals surface area contributed by atoms with Crippen molar-refractivity contribution in [2.45, 2.75) is 53.4 Å². The van der Waals surface area contributed by atoms with Crippen molar-refractivity contribution >= 4 is 11.6 Å². The highest BCUT2D eigenvalue weighted by Crippen LogP contribution is 2.33. The Morgan fingerprint density at radius 2 is 0.812 bits per heavy atom. The maximum atomic E-state index is 11.9. The summed E-state index contributed by atoms with van der Waals surface area (Å²) in [6.07, 6.45) is 3.01. The molecule has 0 amide bonds. The van der Waals surface area contributed by atoms with Gasteiger partial charge in [0, 0.05) is 11.1 Å². The smallest absolute Gasteiger partial charge is 0.229 e. The fourth-order valence-electron chi connectivity index (χ4n) is 2.51. The molecule has 0 heterocycles. The average molecular weight is 220 g/mol. The Hall–Kier alpha value is -1.18. The summed E-state index contributed by atoms with van der Waals surface area (Å²) in [4.78, 5) is 23.8. The third-order valence-electron chi connectivity index (χ3n) is 3.26. The number of carbonyl (C=O) groups excluding carboxylic acids is 2. The second-order valence-electron chi connectivity index (χ2n) is 3.99. The molecule has 1 aliphatic rings. The Morgan fingerprint density at radius 3 is 1.00 bits per heavy atom. The largest absolute Gasteiger partial charge is 0.285 e. The van der Waals surface area contributed by atoms with Crippen LogP contribution < -0.4 is 0 Å². The molecular weight excluding hydrogens is 200 g/mol. The Bertz CT molecular complexity index is 346. The molecule has 0 unspecified atom stereocenters. The van der Waals surface area contributed by atoms with Gasteiger partial charge in [0.05, 0.1) is 0 Å². The van der Waals surface area contributed by atoms with Gasteiger partial charge in [-0.05, 0) is 36.8 Å². The highest BCUT2D eigenvalue weighted by Gasteiger charge is 2.31. The van der Waals surface area contributed by atoms with E-state index >= 15 is 0 Å². The molecule has 0 N–H and O–H groups in total. The minimum atomic E-state index is -0.270. The first kappa shape index (κ1) is 12.9. The van der Waals surface area contributed by atoms with Crippen molar-refractivity contribution in [3.05, 3.63) is 22.3 Å². The molecule has 0 aliphatic heterocycles. The number of hydrogen-bond donors (Lipinski definition) is 0. The Balaban J connectivity index is 3.44. The van der Waals surface area contributed by atoms with E-state index in [1.54, 1.807) is 0 Å². The van der Waals surface area contributed by atoms with E-state index in [2.05, 4.69) is 13.8 Å². The van der Waals surface area contributed by atoms with Gasteiger partial charge in [-0.1, -0.05) is 27.7 Å². The molecule has 1 rings (SSSR count). The second kappa shape index (κ2) is 5.24. The van der Waals surface area contributed by atoms with Crippen LogP contribution in [0.1, 0.15) is 53.4 Å². The van der Waals surface area contributed by atoms with Crippen LogP contribution in [0, 0.1) is 0 Å². The molecule has 0 saturated heterocycles. The predicted octanol–water partition coefficient (Wildman–Crippen LogP) is 3.37. The van der Waals surface area contributed by atoms with Crippen molar-refractivity contribution in [1.82, 2.24) is 0 Å². The highest BCUT2D eigenvalue weighted by molar-refractivity contribution is 6.50. The molecule has 0 saturated carbocycles. The van der Waals surface area contributed by atoms with Crippen molar-refractivity contribution in [3.8, 4) is 0 Å². The summed E-state index contributed by atoms with van der Waals surface area (Å²) >= 11 is 0. The van der Waals surface area contributed by atoms with Gasteiger partial charge in [-0.3, -0.25) is 9.59 Å². The molecule has 88 valence electrons. The monoisotopic (exact) mass is 220 g/mol. The van der Waals surface area contributed by atoms with Crippen LogP contribution in [0.3, 0.4) is 0 Å². The van der Waals surface area contributed by atoms with Crippen molar-refractivity contribution in [1.29, 1.82) is 0 Å². The van der Waals surface area contributed by atoms with Gasteiger partial charge in [0.2, 0.25) is 11.6 Å². The van der Waals surface area contributed by atoms with Gasteiger partial charge in [-0.15, -0.1) is 0 Å². The summed E-state index contributed by atoms with van der Waals surface area (Å²) in [6.45, 7) is 7.99. The van der Waals surface area contributed by atoms with Crippen LogP contribution >= 0.6 is 0 Å². The van der Waals surface area contributed by atoms with Gasteiger partial charge < -0.3 is 0 Å². The van der Waals surface area contributed by atoms with E-state index in [1.807, 2.05) is 13.8 Å². The summed E-state index contributed by atoms with van der Waals surface area (Å²) in [7, 11) is 0. The Morgan fingerprint density at radius 1 is 0.562 bits per heavy atom. The van der Waals surface area contributed by atoms with E-state index in [1.165, 1.54) is 0 Å². The number of Topliss-reactive ketones (excluding diaryl/α,β-unsaturated/α-hetero) is 2. The average Bonchev–Trinajstić information content (AvgIpc) is 2.31. The SMILES string of the molecule is CCC1=C(CC)C(CC)=C(CC)C(=O)C1=O. The second-order valence-corrected chi connectivity index (χ2v) is 3.99. The summed E-state index contributed by atoms with van der Waals surface area (Å²) in [5, 5.41) is 0. The van der Waals surface area contributed by atoms with E-state index in [9.17, 15) is 9.59 Å². The lowest BCUT2D eigenvalue weighted by Gasteiger charge is -2.22. The molecule has 0 aromatic rings. The number of allylic oxidation sites excluding steroid dienone is 4. The highest BCUT2D eigenvalue weighted by atomic mass is 16.2. The fourth-order valence-corrected chi connectivity index (χ4v) is 2.51. The fraction of sp³-hybridized carbons (Fsp3) is 0.571. The molecule has 2 nitrogen and oxygen atoms in total. The molecule has 16 heavy (non-hydrogen) atoms. The third-order valence-corrected chi connectivity index (χ3v) is 3.26. The molecule has 0 bridgehead atoms. The molecule has 2 heteroatoms. The summed E-state index contributed by atoms with van der Waals surface area (Å²) in [5.74, 6) is -0.540. The standard InChI is InChI=1S/C14H20O2/c1-5-9-10(6-2)12(8-4)14(16)13(15)11(9)7-3/h5-8H2,1-4H3. The quantitative estimate of drug-likeness (QED) is 0.537. The normalized spacial score (nSPS) is 17.5. The number of carbonyl (C=O) groups is 2. The maximum Gasteiger partial charge on any atom is 0.229 e. The van der Waals surface area contributed by atoms with Crippen molar-refractivity contribution in [2.75, 3.05) is 0 Å². The molecule has 0 aromatic carbocycles. The van der Waals surface area contributed by atoms with Crippen molar-refractivity contribution in [2.24, 2.45) is 0 Å². The van der Waals surface area contributed by atoms with Crippen LogP contribution in [-0.2, 0) is 9.59 Å². The van der Waals surface area contributed by atoms with Crippen molar-refractivity contribution in [3.63, 3.8) is 0 Å². The number of rotatable bonds is 4. The van der Waals surface area contributed by atoms with E-state index in [0.717, 1.165) is 35.1 Å². The van der Waals surface area contributed by atoms with Gasteiger partial charge in [0.1, 0.15) is 0 Å². The molecular formula is C14H20O2. The zero-order valence-electron chi connectivity index (χ0n) is 10.6. The molecule has 0 radical (unpaired) electrons. The van der Waals surface area contributed by atoms with E-state index < -0.39 is 0 Å². The lowest BCUT2D eigenvalue weighted by atomic mass is 9.80. The minimum absolute atomic E-state index is 0.270. The third kappa shape index (κ3) is 1.89. The lowest BCUT2D eigenvalue weighted by molar-refractivity contribution is -0.132. The summed E-state index contributed by atoms with van der Waals surface area (Å²) < 4.78 is 0. The molecule has 0 aromatic heterocycles. The molecule has 0 atom stereocenters. The zero-order valence-corrected chi connectivity index (χ0v) is 10.6. The van der Waals surface area contributed by atoms with Gasteiger partial charge in [-0.25, -0.2) is 0 Å². The molecule has 0 spiro atoms. The molecule has 1 aliphatic carbocycles. The van der Waals surface area contributed by atoms with Gasteiger partial charge >= 0.3 is 0 Å². The number of ketones is 2. The maximum absolute atomic E-state index is 11.9. The topological polar surface area (TPSA) is 34.1 Å². The van der Waals surface area contributed by atoms with Gasteiger partial charge in [-0.2, -0.15) is 0 Å². The minimum Gasteiger partial charge on any atom is -0.285 e. The van der Waals surface area contributed by atoms with Crippen LogP contribution in [0.5, 0.6) is 0 Å². The Kier molecular flexibility index (Phi) is 4.22. The first-order valence-electron chi connectivity index (χ1n) is 6.15. The van der Waals surface area contributed by atoms with Crippen LogP contribution in [0.4, 0.5) is 0 Å². The van der Waals surface area contributed by atoms with Crippen molar-refractivity contribution < 1.29 is 9.59 Å². The first-order chi connectivity index (χ1) is 7.62. The van der Waals surface area contributed by atoms with Gasteiger partial charge in [0.25, 0.3) is 0 Å². The van der Waals surface area contributed by atoms with Crippen LogP contribution in [0.15, 0.2) is 22.3 Å². The lowest BCUT2D eigenvalue weighted by Crippen LogP contribution is -2.25. The zero-order chi connectivity index (χ0) is 12.3. The van der Waals surface area contributed by atoms with E-state index in [-0.39, 0.29) is 11.6 Å².